The van der Waals surface area contributed by atoms with Gasteiger partial charge in [0.1, 0.15) is 0 Å². The number of carbonyl (C=O) groups is 1. The molecule has 1 N–H and O–H groups in total. The normalized spacial score (nSPS) is 13.5. The molecule has 0 unspecified atom stereocenters. The fourth-order valence-corrected chi connectivity index (χ4v) is 1.62. The van der Waals surface area contributed by atoms with Crippen molar-refractivity contribution in [3.63, 3.8) is 0 Å². The van der Waals surface area contributed by atoms with Crippen molar-refractivity contribution in [1.29, 1.82) is 5.26 Å². The van der Waals surface area contributed by atoms with E-state index in [4.69, 9.17) is 10.4 Å². The minimum absolute atomic E-state index is 0.228. The molecule has 4 nitrogen and oxygen atoms in total. The predicted molar refractivity (Wildman–Crippen MR) is 50.1 cm³/mol. The number of aromatic carboxylic acids is 1. The van der Waals surface area contributed by atoms with Crippen LogP contribution in [0.4, 0.5) is 5.69 Å². The topological polar surface area (TPSA) is 64.3 Å². The Kier molecular flexibility index (Phi) is 1.86. The van der Waals surface area contributed by atoms with E-state index in [1.165, 1.54) is 4.90 Å². The summed E-state index contributed by atoms with van der Waals surface area (Å²) in [5.74, 6) is -0.961. The Hall–Kier alpha value is -2.02. The van der Waals surface area contributed by atoms with Crippen molar-refractivity contribution < 1.29 is 9.90 Å². The predicted octanol–water partition coefficient (Wildman–Crippen LogP) is 1.23. The summed E-state index contributed by atoms with van der Waals surface area (Å²) in [4.78, 5) is 12.2. The highest BCUT2D eigenvalue weighted by Gasteiger charge is 2.19. The van der Waals surface area contributed by atoms with Crippen LogP contribution in [-0.2, 0) is 6.42 Å². The zero-order chi connectivity index (χ0) is 10.1. The standard InChI is InChI=1S/C10H8N2O2/c11-6-12-4-3-7-1-2-8(10(13)14)5-9(7)12/h1-2,5H,3-4H2,(H,13,14). The van der Waals surface area contributed by atoms with Crippen LogP contribution in [0.2, 0.25) is 0 Å². The van der Waals surface area contributed by atoms with E-state index < -0.39 is 5.97 Å². The van der Waals surface area contributed by atoms with Gasteiger partial charge in [0.2, 0.25) is 0 Å². The lowest BCUT2D eigenvalue weighted by Crippen LogP contribution is -2.12. The molecule has 0 atom stereocenters. The second kappa shape index (κ2) is 3.04. The van der Waals surface area contributed by atoms with Gasteiger partial charge in [-0.1, -0.05) is 6.07 Å². The number of carboxylic acid groups (broad SMARTS) is 1. The highest BCUT2D eigenvalue weighted by atomic mass is 16.4. The molecule has 0 aromatic heterocycles. The van der Waals surface area contributed by atoms with Crippen LogP contribution in [0.1, 0.15) is 15.9 Å². The first-order valence-corrected chi connectivity index (χ1v) is 4.26. The quantitative estimate of drug-likeness (QED) is 0.673. The van der Waals surface area contributed by atoms with Gasteiger partial charge in [-0.3, -0.25) is 4.90 Å². The van der Waals surface area contributed by atoms with Gasteiger partial charge in [-0.05, 0) is 24.1 Å². The molecule has 0 spiro atoms. The number of rotatable bonds is 1. The Balaban J connectivity index is 2.49. The zero-order valence-electron chi connectivity index (χ0n) is 7.40. The maximum atomic E-state index is 10.7. The fraction of sp³-hybridized carbons (Fsp3) is 0.200. The first-order valence-electron chi connectivity index (χ1n) is 4.26. The number of fused-ring (bicyclic) bond motifs is 1. The van der Waals surface area contributed by atoms with Gasteiger partial charge >= 0.3 is 5.97 Å². The van der Waals surface area contributed by atoms with Crippen LogP contribution in [0, 0.1) is 11.5 Å². The highest BCUT2D eigenvalue weighted by molar-refractivity contribution is 5.89. The number of nitrogens with zero attached hydrogens (tertiary/aromatic N) is 2. The number of benzene rings is 1. The summed E-state index contributed by atoms with van der Waals surface area (Å²) in [6.07, 6.45) is 2.83. The van der Waals surface area contributed by atoms with Gasteiger partial charge in [-0.2, -0.15) is 5.26 Å². The Morgan fingerprint density at radius 1 is 1.57 bits per heavy atom. The lowest BCUT2D eigenvalue weighted by molar-refractivity contribution is 0.0697. The molecule has 0 saturated heterocycles. The molecule has 0 aliphatic carbocycles. The molecule has 14 heavy (non-hydrogen) atoms. The summed E-state index contributed by atoms with van der Waals surface area (Å²) in [6, 6.07) is 4.89. The van der Waals surface area contributed by atoms with Gasteiger partial charge in [0, 0.05) is 6.54 Å². The number of nitriles is 1. The lowest BCUT2D eigenvalue weighted by atomic mass is 10.1. The van der Waals surface area contributed by atoms with Crippen molar-refractivity contribution in [2.75, 3.05) is 11.4 Å². The molecule has 70 valence electrons. The van der Waals surface area contributed by atoms with E-state index >= 15 is 0 Å². The Morgan fingerprint density at radius 2 is 2.36 bits per heavy atom. The van der Waals surface area contributed by atoms with Crippen LogP contribution in [0.15, 0.2) is 18.2 Å². The largest absolute Gasteiger partial charge is 0.478 e. The molecule has 0 fully saturated rings. The summed E-state index contributed by atoms with van der Waals surface area (Å²) in [6.45, 7) is 0.648. The zero-order valence-corrected chi connectivity index (χ0v) is 7.40. The average molecular weight is 188 g/mol. The molecule has 0 radical (unpaired) electrons. The molecule has 0 amide bonds. The van der Waals surface area contributed by atoms with Crippen molar-refractivity contribution in [3.05, 3.63) is 29.3 Å². The Bertz CT molecular complexity index is 434. The fourth-order valence-electron chi connectivity index (χ4n) is 1.62. The first-order chi connectivity index (χ1) is 6.72. The monoisotopic (exact) mass is 188 g/mol. The van der Waals surface area contributed by atoms with E-state index in [1.807, 2.05) is 6.19 Å². The van der Waals surface area contributed by atoms with Gasteiger partial charge in [-0.25, -0.2) is 4.79 Å². The van der Waals surface area contributed by atoms with Crippen LogP contribution in [-0.4, -0.2) is 17.6 Å². The summed E-state index contributed by atoms with van der Waals surface area (Å²) in [5.41, 5.74) is 2.00. The van der Waals surface area contributed by atoms with Crippen molar-refractivity contribution in [1.82, 2.24) is 0 Å². The third-order valence-electron chi connectivity index (χ3n) is 2.35. The molecule has 1 aromatic carbocycles. The molecule has 1 aromatic rings. The molecule has 1 heterocycles. The summed E-state index contributed by atoms with van der Waals surface area (Å²) >= 11 is 0. The first kappa shape index (κ1) is 8.57. The SMILES string of the molecule is N#CN1CCc2ccc(C(=O)O)cc21. The van der Waals surface area contributed by atoms with Crippen LogP contribution in [0.3, 0.4) is 0 Å². The minimum atomic E-state index is -0.961. The van der Waals surface area contributed by atoms with Crippen LogP contribution >= 0.6 is 0 Å². The molecule has 1 aliphatic heterocycles. The van der Waals surface area contributed by atoms with Gasteiger partial charge in [0.05, 0.1) is 11.3 Å². The van der Waals surface area contributed by atoms with Gasteiger partial charge in [0.25, 0.3) is 0 Å². The van der Waals surface area contributed by atoms with E-state index in [9.17, 15) is 4.79 Å². The average Bonchev–Trinajstić information content (AvgIpc) is 2.59. The molecule has 2 rings (SSSR count). The third-order valence-corrected chi connectivity index (χ3v) is 2.35. The van der Waals surface area contributed by atoms with Crippen molar-refractivity contribution >= 4 is 11.7 Å². The van der Waals surface area contributed by atoms with Gasteiger partial charge in [0.15, 0.2) is 6.19 Å². The Morgan fingerprint density at radius 3 is 3.00 bits per heavy atom. The van der Waals surface area contributed by atoms with E-state index in [0.717, 1.165) is 17.7 Å². The van der Waals surface area contributed by atoms with Gasteiger partial charge < -0.3 is 5.11 Å². The number of hydrogen-bond acceptors (Lipinski definition) is 3. The van der Waals surface area contributed by atoms with Crippen molar-refractivity contribution in [3.8, 4) is 6.19 Å². The third kappa shape index (κ3) is 1.19. The van der Waals surface area contributed by atoms with Crippen molar-refractivity contribution in [2.45, 2.75) is 6.42 Å². The van der Waals surface area contributed by atoms with E-state index in [1.54, 1.807) is 18.2 Å². The van der Waals surface area contributed by atoms with E-state index in [-0.39, 0.29) is 5.56 Å². The number of anilines is 1. The molecular formula is C10H8N2O2. The second-order valence-electron chi connectivity index (χ2n) is 3.15. The van der Waals surface area contributed by atoms with Crippen LogP contribution < -0.4 is 4.90 Å². The maximum Gasteiger partial charge on any atom is 0.335 e. The molecule has 4 heteroatoms. The Labute approximate surface area is 81.0 Å². The van der Waals surface area contributed by atoms with E-state index in [0.29, 0.717) is 6.54 Å². The van der Waals surface area contributed by atoms with Crippen LogP contribution in [0.25, 0.3) is 0 Å². The molecular weight excluding hydrogens is 180 g/mol. The number of carboxylic acids is 1. The minimum Gasteiger partial charge on any atom is -0.478 e. The van der Waals surface area contributed by atoms with Crippen LogP contribution in [0.5, 0.6) is 0 Å². The maximum absolute atomic E-state index is 10.7. The lowest BCUT2D eigenvalue weighted by Gasteiger charge is -2.07. The summed E-state index contributed by atoms with van der Waals surface area (Å²) in [7, 11) is 0. The molecule has 0 bridgehead atoms. The highest BCUT2D eigenvalue weighted by Crippen LogP contribution is 2.28. The molecule has 1 aliphatic rings. The van der Waals surface area contributed by atoms with Crippen molar-refractivity contribution in [2.24, 2.45) is 0 Å². The smallest absolute Gasteiger partial charge is 0.335 e. The summed E-state index contributed by atoms with van der Waals surface area (Å²) in [5, 5.41) is 17.5. The second-order valence-corrected chi connectivity index (χ2v) is 3.15. The summed E-state index contributed by atoms with van der Waals surface area (Å²) < 4.78 is 0. The van der Waals surface area contributed by atoms with E-state index in [2.05, 4.69) is 0 Å². The van der Waals surface area contributed by atoms with Gasteiger partial charge in [-0.15, -0.1) is 0 Å². The number of hydrogen-bond donors (Lipinski definition) is 1. The molecule has 0 saturated carbocycles.